The van der Waals surface area contributed by atoms with Gasteiger partial charge in [-0.1, -0.05) is 23.5 Å². The molecule has 0 radical (unpaired) electrons. The van der Waals surface area contributed by atoms with Crippen LogP contribution >= 0.6 is 22.7 Å². The van der Waals surface area contributed by atoms with Crippen molar-refractivity contribution in [3.8, 4) is 5.75 Å². The number of nitrogens with zero attached hydrogens (tertiary/aromatic N) is 4. The number of amides is 2. The monoisotopic (exact) mass is 547 g/mol. The van der Waals surface area contributed by atoms with E-state index in [1.807, 2.05) is 29.2 Å². The predicted molar refractivity (Wildman–Crippen MR) is 146 cm³/mol. The Bertz CT molecular complexity index is 1680. The van der Waals surface area contributed by atoms with Gasteiger partial charge in [-0.15, -0.1) is 11.3 Å². The highest BCUT2D eigenvalue weighted by atomic mass is 32.1. The lowest BCUT2D eigenvalue weighted by atomic mass is 9.97. The number of carbonyl (C=O) groups is 2. The van der Waals surface area contributed by atoms with Gasteiger partial charge in [0.2, 0.25) is 0 Å². The fourth-order valence-electron chi connectivity index (χ4n) is 4.61. The number of piperidine rings is 1. The molecule has 1 N–H and O–H groups in total. The topological polar surface area (TPSA) is 97.3 Å². The van der Waals surface area contributed by atoms with E-state index in [0.717, 1.165) is 28.8 Å². The zero-order chi connectivity index (χ0) is 26.2. The molecular formula is C27H22FN5O3S2. The van der Waals surface area contributed by atoms with Crippen LogP contribution in [0.4, 0.5) is 9.52 Å². The molecule has 8 nitrogen and oxygen atoms in total. The molecule has 5 aromatic rings. The number of halogens is 1. The quantitative estimate of drug-likeness (QED) is 0.302. The number of hydrogen-bond acceptors (Lipinski definition) is 8. The first-order chi connectivity index (χ1) is 18.5. The lowest BCUT2D eigenvalue weighted by Crippen LogP contribution is -2.38. The summed E-state index contributed by atoms with van der Waals surface area (Å²) in [5.74, 6) is -0.0295. The first-order valence-corrected chi connectivity index (χ1v) is 13.7. The second-order valence-electron chi connectivity index (χ2n) is 8.95. The van der Waals surface area contributed by atoms with E-state index in [9.17, 15) is 14.0 Å². The largest absolute Gasteiger partial charge is 0.496 e. The van der Waals surface area contributed by atoms with Crippen LogP contribution in [0.1, 0.15) is 44.7 Å². The maximum absolute atomic E-state index is 13.4. The van der Waals surface area contributed by atoms with Gasteiger partial charge in [0.1, 0.15) is 23.0 Å². The highest BCUT2D eigenvalue weighted by Crippen LogP contribution is 2.32. The SMILES string of the molecule is COc1cc(C(=O)N2CCC(c3nc(C(=O)Nc4nc5ccc(F)cc5s4)cs3)CC2)nc2ccccc12. The van der Waals surface area contributed by atoms with Crippen LogP contribution in [-0.4, -0.2) is 51.9 Å². The van der Waals surface area contributed by atoms with Gasteiger partial charge >= 0.3 is 0 Å². The molecule has 0 saturated carbocycles. The first kappa shape index (κ1) is 24.4. The molecule has 3 aromatic heterocycles. The van der Waals surface area contributed by atoms with Crippen LogP contribution in [0, 0.1) is 5.82 Å². The van der Waals surface area contributed by atoms with Crippen molar-refractivity contribution < 1.29 is 18.7 Å². The Morgan fingerprint density at radius 2 is 1.84 bits per heavy atom. The Labute approximate surface area is 225 Å². The second kappa shape index (κ2) is 10.1. The molecule has 4 heterocycles. The van der Waals surface area contributed by atoms with Gasteiger partial charge in [-0.2, -0.15) is 0 Å². The number of ether oxygens (including phenoxy) is 1. The van der Waals surface area contributed by atoms with E-state index < -0.39 is 0 Å². The Kier molecular flexibility index (Phi) is 6.46. The van der Waals surface area contributed by atoms with E-state index in [0.29, 0.717) is 45.6 Å². The number of aromatic nitrogens is 3. The van der Waals surface area contributed by atoms with Gasteiger partial charge in [-0.05, 0) is 43.2 Å². The van der Waals surface area contributed by atoms with E-state index >= 15 is 0 Å². The van der Waals surface area contributed by atoms with Gasteiger partial charge in [0.15, 0.2) is 5.13 Å². The van der Waals surface area contributed by atoms with Crippen molar-refractivity contribution in [2.75, 3.05) is 25.5 Å². The standard InChI is InChI=1S/C27H22FN5O3S2/c1-36-22-13-20(29-18-5-3-2-4-17(18)22)26(35)33-10-8-15(9-11-33)25-30-21(14-37-25)24(34)32-27-31-19-7-6-16(28)12-23(19)38-27/h2-7,12-15H,8-11H2,1H3,(H,31,32,34). The summed E-state index contributed by atoms with van der Waals surface area (Å²) in [6, 6.07) is 13.6. The summed E-state index contributed by atoms with van der Waals surface area (Å²) >= 11 is 2.66. The van der Waals surface area contributed by atoms with E-state index in [-0.39, 0.29) is 23.5 Å². The molecular weight excluding hydrogens is 525 g/mol. The Balaban J connectivity index is 1.10. The summed E-state index contributed by atoms with van der Waals surface area (Å²) in [7, 11) is 1.59. The molecule has 0 atom stereocenters. The molecule has 0 spiro atoms. The minimum absolute atomic E-state index is 0.123. The smallest absolute Gasteiger partial charge is 0.276 e. The van der Waals surface area contributed by atoms with Crippen LogP contribution in [0.5, 0.6) is 5.75 Å². The Morgan fingerprint density at radius 1 is 1.03 bits per heavy atom. The van der Waals surface area contributed by atoms with Crippen LogP contribution in [0.3, 0.4) is 0 Å². The third-order valence-corrected chi connectivity index (χ3v) is 8.52. The molecule has 0 aliphatic carbocycles. The number of methoxy groups -OCH3 is 1. The van der Waals surface area contributed by atoms with Crippen LogP contribution in [0.15, 0.2) is 53.9 Å². The fraction of sp³-hybridized carbons (Fsp3) is 0.222. The zero-order valence-corrected chi connectivity index (χ0v) is 21.9. The van der Waals surface area contributed by atoms with Gasteiger partial charge in [-0.25, -0.2) is 19.3 Å². The summed E-state index contributed by atoms with van der Waals surface area (Å²) in [6.07, 6.45) is 1.49. The molecule has 1 aliphatic rings. The highest BCUT2D eigenvalue weighted by molar-refractivity contribution is 7.22. The van der Waals surface area contributed by atoms with E-state index in [1.54, 1.807) is 24.6 Å². The van der Waals surface area contributed by atoms with Crippen molar-refractivity contribution in [3.05, 3.63) is 76.1 Å². The van der Waals surface area contributed by atoms with Crippen molar-refractivity contribution in [3.63, 3.8) is 0 Å². The van der Waals surface area contributed by atoms with Gasteiger partial charge < -0.3 is 9.64 Å². The molecule has 1 aliphatic heterocycles. The number of nitrogens with one attached hydrogen (secondary N) is 1. The number of rotatable bonds is 5. The number of fused-ring (bicyclic) bond motifs is 2. The summed E-state index contributed by atoms with van der Waals surface area (Å²) in [4.78, 5) is 41.3. The normalized spacial score (nSPS) is 14.2. The predicted octanol–water partition coefficient (Wildman–Crippen LogP) is 5.72. The number of thiazole rings is 2. The fourth-order valence-corrected chi connectivity index (χ4v) is 6.46. The number of benzene rings is 2. The number of para-hydroxylation sites is 1. The number of likely N-dealkylation sites (tertiary alicyclic amines) is 1. The third kappa shape index (κ3) is 4.70. The number of anilines is 1. The molecule has 0 unspecified atom stereocenters. The maximum atomic E-state index is 13.4. The van der Waals surface area contributed by atoms with Crippen LogP contribution in [0.25, 0.3) is 21.1 Å². The molecule has 0 bridgehead atoms. The molecule has 1 saturated heterocycles. The summed E-state index contributed by atoms with van der Waals surface area (Å²) in [6.45, 7) is 1.15. The molecule has 2 amide bonds. The lowest BCUT2D eigenvalue weighted by molar-refractivity contribution is 0.0707. The molecule has 11 heteroatoms. The zero-order valence-electron chi connectivity index (χ0n) is 20.3. The van der Waals surface area contributed by atoms with Crippen LogP contribution in [-0.2, 0) is 0 Å². The van der Waals surface area contributed by atoms with Crippen LogP contribution < -0.4 is 10.1 Å². The number of hydrogen-bond donors (Lipinski definition) is 1. The van der Waals surface area contributed by atoms with Gasteiger partial charge in [0, 0.05) is 35.8 Å². The van der Waals surface area contributed by atoms with Crippen molar-refractivity contribution in [2.24, 2.45) is 0 Å². The molecule has 2 aromatic carbocycles. The Morgan fingerprint density at radius 3 is 2.66 bits per heavy atom. The van der Waals surface area contributed by atoms with Gasteiger partial charge in [0.25, 0.3) is 11.8 Å². The Hall–Kier alpha value is -3.96. The average Bonchev–Trinajstić information content (AvgIpc) is 3.59. The molecule has 192 valence electrons. The maximum Gasteiger partial charge on any atom is 0.276 e. The lowest BCUT2D eigenvalue weighted by Gasteiger charge is -2.31. The van der Waals surface area contributed by atoms with Crippen LogP contribution in [0.2, 0.25) is 0 Å². The van der Waals surface area contributed by atoms with Crippen molar-refractivity contribution in [2.45, 2.75) is 18.8 Å². The third-order valence-electron chi connectivity index (χ3n) is 6.57. The minimum atomic E-state index is -0.351. The minimum Gasteiger partial charge on any atom is -0.496 e. The van der Waals surface area contributed by atoms with Crippen molar-refractivity contribution >= 4 is 60.7 Å². The van der Waals surface area contributed by atoms with Gasteiger partial charge in [0.05, 0.1) is 27.9 Å². The van der Waals surface area contributed by atoms with Crippen molar-refractivity contribution in [1.29, 1.82) is 0 Å². The van der Waals surface area contributed by atoms with Crippen molar-refractivity contribution in [1.82, 2.24) is 19.9 Å². The summed E-state index contributed by atoms with van der Waals surface area (Å²) < 4.78 is 19.6. The van der Waals surface area contributed by atoms with E-state index in [1.165, 1.54) is 34.8 Å². The number of carbonyl (C=O) groups excluding carboxylic acids is 2. The molecule has 1 fully saturated rings. The first-order valence-electron chi connectivity index (χ1n) is 12.0. The summed E-state index contributed by atoms with van der Waals surface area (Å²) in [5, 5.41) is 6.64. The average molecular weight is 548 g/mol. The molecule has 6 rings (SSSR count). The highest BCUT2D eigenvalue weighted by Gasteiger charge is 2.28. The molecule has 38 heavy (non-hydrogen) atoms. The van der Waals surface area contributed by atoms with E-state index in [2.05, 4.69) is 20.3 Å². The van der Waals surface area contributed by atoms with Gasteiger partial charge in [-0.3, -0.25) is 14.9 Å². The second-order valence-corrected chi connectivity index (χ2v) is 10.9. The number of pyridine rings is 1. The summed E-state index contributed by atoms with van der Waals surface area (Å²) in [5.41, 5.74) is 2.03. The van der Waals surface area contributed by atoms with E-state index in [4.69, 9.17) is 4.74 Å².